The average Bonchev–Trinajstić information content (AvgIpc) is 2.40. The van der Waals surface area contributed by atoms with E-state index in [0.717, 1.165) is 23.7 Å². The van der Waals surface area contributed by atoms with Crippen molar-refractivity contribution < 1.29 is 18.0 Å². The predicted octanol–water partition coefficient (Wildman–Crippen LogP) is 6.42. The number of benzene rings is 1. The molecule has 1 atom stereocenters. The molecule has 0 aromatic heterocycles. The SMILES string of the molecule is CC1(C)CCCC(C)(C)N1OC(CC(F)(F)F)c1ccc(Br)cc1. The number of alkyl halides is 3. The molecule has 0 spiro atoms. The molecule has 0 saturated carbocycles. The molecule has 1 unspecified atom stereocenters. The Morgan fingerprint density at radius 3 is 2.04 bits per heavy atom. The van der Waals surface area contributed by atoms with Crippen LogP contribution in [-0.2, 0) is 4.84 Å². The zero-order valence-corrected chi connectivity index (χ0v) is 16.2. The van der Waals surface area contributed by atoms with Crippen molar-refractivity contribution in [2.45, 2.75) is 76.7 Å². The molecule has 1 aliphatic rings. The molecule has 136 valence electrons. The minimum Gasteiger partial charge on any atom is -0.290 e. The third-order valence-electron chi connectivity index (χ3n) is 4.57. The fourth-order valence-corrected chi connectivity index (χ4v) is 3.76. The van der Waals surface area contributed by atoms with Crippen molar-refractivity contribution in [2.75, 3.05) is 0 Å². The quantitative estimate of drug-likeness (QED) is 0.570. The molecule has 0 amide bonds. The first-order valence-corrected chi connectivity index (χ1v) is 8.99. The van der Waals surface area contributed by atoms with Gasteiger partial charge in [-0.3, -0.25) is 4.84 Å². The highest BCUT2D eigenvalue weighted by molar-refractivity contribution is 9.10. The van der Waals surface area contributed by atoms with E-state index in [1.807, 2.05) is 27.7 Å². The Morgan fingerprint density at radius 1 is 1.08 bits per heavy atom. The molecule has 2 nitrogen and oxygen atoms in total. The van der Waals surface area contributed by atoms with Crippen LogP contribution in [0.2, 0.25) is 0 Å². The molecule has 0 bridgehead atoms. The van der Waals surface area contributed by atoms with Gasteiger partial charge in [0.25, 0.3) is 0 Å². The van der Waals surface area contributed by atoms with Crippen molar-refractivity contribution in [3.05, 3.63) is 34.3 Å². The highest BCUT2D eigenvalue weighted by Gasteiger charge is 2.45. The lowest BCUT2D eigenvalue weighted by Gasteiger charge is -2.52. The van der Waals surface area contributed by atoms with Gasteiger partial charge in [0.15, 0.2) is 0 Å². The summed E-state index contributed by atoms with van der Waals surface area (Å²) < 4.78 is 40.1. The van der Waals surface area contributed by atoms with Gasteiger partial charge in [-0.2, -0.15) is 18.2 Å². The lowest BCUT2D eigenvalue weighted by atomic mass is 9.82. The first-order valence-electron chi connectivity index (χ1n) is 8.20. The van der Waals surface area contributed by atoms with Gasteiger partial charge in [0.1, 0.15) is 6.10 Å². The lowest BCUT2D eigenvalue weighted by Crippen LogP contribution is -2.58. The van der Waals surface area contributed by atoms with E-state index >= 15 is 0 Å². The normalized spacial score (nSPS) is 22.3. The van der Waals surface area contributed by atoms with Crippen LogP contribution in [0, 0.1) is 0 Å². The van der Waals surface area contributed by atoms with E-state index in [-0.39, 0.29) is 11.1 Å². The summed E-state index contributed by atoms with van der Waals surface area (Å²) >= 11 is 3.32. The van der Waals surface area contributed by atoms with E-state index in [1.165, 1.54) is 0 Å². The van der Waals surface area contributed by atoms with E-state index in [4.69, 9.17) is 4.84 Å². The second-order valence-corrected chi connectivity index (χ2v) is 8.65. The second kappa shape index (κ2) is 6.96. The Bertz CT molecular complexity index is 538. The summed E-state index contributed by atoms with van der Waals surface area (Å²) in [6.45, 7) is 8.11. The summed E-state index contributed by atoms with van der Waals surface area (Å²) in [6, 6.07) is 6.86. The minimum atomic E-state index is -4.29. The standard InChI is InChI=1S/C18H25BrF3NO/c1-16(2)10-5-11-17(3,4)23(16)24-15(12-18(20,21)22)13-6-8-14(19)9-7-13/h6-9,15H,5,10-12H2,1-4H3. The number of hydrogen-bond acceptors (Lipinski definition) is 2. The zero-order valence-electron chi connectivity index (χ0n) is 14.6. The Balaban J connectivity index is 2.31. The monoisotopic (exact) mass is 407 g/mol. The minimum absolute atomic E-state index is 0.305. The molecular weight excluding hydrogens is 383 g/mol. The van der Waals surface area contributed by atoms with Crippen molar-refractivity contribution in [2.24, 2.45) is 0 Å². The maximum atomic E-state index is 13.1. The van der Waals surface area contributed by atoms with Crippen LogP contribution >= 0.6 is 15.9 Å². The Morgan fingerprint density at radius 2 is 1.58 bits per heavy atom. The fraction of sp³-hybridized carbons (Fsp3) is 0.667. The largest absolute Gasteiger partial charge is 0.392 e. The maximum Gasteiger partial charge on any atom is 0.392 e. The van der Waals surface area contributed by atoms with Gasteiger partial charge < -0.3 is 0 Å². The molecule has 0 aliphatic carbocycles. The van der Waals surface area contributed by atoms with E-state index in [9.17, 15) is 13.2 Å². The molecule has 6 heteroatoms. The number of halogens is 4. The van der Waals surface area contributed by atoms with E-state index in [0.29, 0.717) is 5.56 Å². The van der Waals surface area contributed by atoms with Crippen LogP contribution in [0.15, 0.2) is 28.7 Å². The van der Waals surface area contributed by atoms with Crippen molar-refractivity contribution in [3.8, 4) is 0 Å². The van der Waals surface area contributed by atoms with Crippen LogP contribution in [0.5, 0.6) is 0 Å². The Kier molecular flexibility index (Phi) is 5.72. The lowest BCUT2D eigenvalue weighted by molar-refractivity contribution is -0.319. The summed E-state index contributed by atoms with van der Waals surface area (Å²) in [5.74, 6) is 0. The second-order valence-electron chi connectivity index (χ2n) is 7.74. The highest BCUT2D eigenvalue weighted by Crippen LogP contribution is 2.42. The highest BCUT2D eigenvalue weighted by atomic mass is 79.9. The Hall–Kier alpha value is -0.590. The van der Waals surface area contributed by atoms with Gasteiger partial charge in [-0.15, -0.1) is 0 Å². The number of nitrogens with zero attached hydrogens (tertiary/aromatic N) is 1. The fourth-order valence-electron chi connectivity index (χ4n) is 3.49. The molecule has 1 heterocycles. The van der Waals surface area contributed by atoms with Crippen LogP contribution in [0.25, 0.3) is 0 Å². The van der Waals surface area contributed by atoms with Crippen LogP contribution in [0.3, 0.4) is 0 Å². The molecule has 1 aromatic rings. The van der Waals surface area contributed by atoms with Gasteiger partial charge in [0.2, 0.25) is 0 Å². The van der Waals surface area contributed by atoms with Crippen LogP contribution in [-0.4, -0.2) is 22.3 Å². The topological polar surface area (TPSA) is 12.5 Å². The maximum absolute atomic E-state index is 13.1. The first kappa shape index (κ1) is 19.7. The molecule has 24 heavy (non-hydrogen) atoms. The number of hydroxylamine groups is 2. The van der Waals surface area contributed by atoms with Crippen LogP contribution < -0.4 is 0 Å². The van der Waals surface area contributed by atoms with Crippen molar-refractivity contribution >= 4 is 15.9 Å². The summed E-state index contributed by atoms with van der Waals surface area (Å²) in [4.78, 5) is 6.02. The summed E-state index contributed by atoms with van der Waals surface area (Å²) in [5.41, 5.74) is -0.0743. The average molecular weight is 408 g/mol. The van der Waals surface area contributed by atoms with Gasteiger partial charge in [0, 0.05) is 15.6 Å². The first-order chi connectivity index (χ1) is 10.9. The molecule has 1 saturated heterocycles. The van der Waals surface area contributed by atoms with Crippen LogP contribution in [0.4, 0.5) is 13.2 Å². The van der Waals surface area contributed by atoms with E-state index in [2.05, 4.69) is 15.9 Å². The van der Waals surface area contributed by atoms with E-state index in [1.54, 1.807) is 29.3 Å². The summed E-state index contributed by atoms with van der Waals surface area (Å²) in [5, 5.41) is 1.79. The van der Waals surface area contributed by atoms with Gasteiger partial charge in [-0.25, -0.2) is 0 Å². The molecule has 0 N–H and O–H groups in total. The molecular formula is C18H25BrF3NO. The number of hydrogen-bond donors (Lipinski definition) is 0. The molecule has 1 fully saturated rings. The van der Waals surface area contributed by atoms with Crippen molar-refractivity contribution in [1.29, 1.82) is 0 Å². The third kappa shape index (κ3) is 4.96. The molecule has 1 aliphatic heterocycles. The zero-order chi connectivity index (χ0) is 18.2. The van der Waals surface area contributed by atoms with Gasteiger partial charge in [-0.05, 0) is 64.7 Å². The number of piperidine rings is 1. The van der Waals surface area contributed by atoms with Crippen molar-refractivity contribution in [3.63, 3.8) is 0 Å². The molecule has 2 rings (SSSR count). The van der Waals surface area contributed by atoms with Gasteiger partial charge in [-0.1, -0.05) is 28.1 Å². The van der Waals surface area contributed by atoms with Crippen molar-refractivity contribution in [1.82, 2.24) is 5.06 Å². The Labute approximate surface area is 150 Å². The summed E-state index contributed by atoms with van der Waals surface area (Å²) in [7, 11) is 0. The third-order valence-corrected chi connectivity index (χ3v) is 5.10. The van der Waals surface area contributed by atoms with Gasteiger partial charge >= 0.3 is 6.18 Å². The smallest absolute Gasteiger partial charge is 0.290 e. The van der Waals surface area contributed by atoms with Gasteiger partial charge in [0.05, 0.1) is 6.42 Å². The summed E-state index contributed by atoms with van der Waals surface area (Å²) in [6.07, 6.45) is -3.50. The number of rotatable bonds is 4. The predicted molar refractivity (Wildman–Crippen MR) is 92.5 cm³/mol. The molecule has 0 radical (unpaired) electrons. The molecule has 1 aromatic carbocycles. The van der Waals surface area contributed by atoms with E-state index < -0.39 is 18.7 Å². The van der Waals surface area contributed by atoms with Crippen LogP contribution in [0.1, 0.15) is 65.0 Å².